The third-order valence-corrected chi connectivity index (χ3v) is 15.7. The van der Waals surface area contributed by atoms with Gasteiger partial charge in [-0.15, -0.1) is 5.10 Å². The van der Waals surface area contributed by atoms with Crippen LogP contribution >= 0.6 is 12.2 Å². The van der Waals surface area contributed by atoms with Gasteiger partial charge in [0.25, 0.3) is 0 Å². The number of nitrogens with zero attached hydrogens (tertiary/aromatic N) is 3. The van der Waals surface area contributed by atoms with Crippen LogP contribution in [-0.2, 0) is 50.9 Å². The predicted molar refractivity (Wildman–Crippen MR) is 342 cm³/mol. The number of rotatable bonds is 21. The van der Waals surface area contributed by atoms with E-state index in [1.807, 2.05) is 0 Å². The summed E-state index contributed by atoms with van der Waals surface area (Å²) in [4.78, 5) is 78.1. The highest BCUT2D eigenvalue weighted by Crippen LogP contribution is 2.43. The maximum atomic E-state index is 13.5. The molecule has 15 N–H and O–H groups in total. The number of aromatic carboxylic acids is 1. The highest BCUT2D eigenvalue weighted by Gasteiger charge is 2.55. The van der Waals surface area contributed by atoms with Crippen molar-refractivity contribution in [3.63, 3.8) is 0 Å². The first-order chi connectivity index (χ1) is 45.0. The lowest BCUT2D eigenvalue weighted by atomic mass is 9.83. The van der Waals surface area contributed by atoms with E-state index in [-0.39, 0.29) is 39.6 Å². The van der Waals surface area contributed by atoms with Crippen LogP contribution < -0.4 is 37.3 Å². The third-order valence-electron chi connectivity index (χ3n) is 15.4. The Balaban J connectivity index is 0.861. The molecular weight excluding hydrogens is 1280 g/mol. The number of phenolic OH excluding ortho intramolecular Hbond substituents is 1. The zero-order valence-corrected chi connectivity index (χ0v) is 55.1. The van der Waals surface area contributed by atoms with Gasteiger partial charge in [0.05, 0.1) is 36.0 Å². The summed E-state index contributed by atoms with van der Waals surface area (Å²) in [5.41, 5.74) is -0.972. The number of benzene rings is 3. The topological polar surface area (TPSA) is 465 Å². The molecule has 2 aromatic carbocycles. The zero-order valence-electron chi connectivity index (χ0n) is 54.3. The van der Waals surface area contributed by atoms with Crippen molar-refractivity contribution in [3.05, 3.63) is 82.3 Å². The van der Waals surface area contributed by atoms with Crippen molar-refractivity contribution in [2.75, 3.05) is 25.0 Å². The molecule has 0 spiro atoms. The quantitative estimate of drug-likeness (QED) is 0.0216. The average Bonchev–Trinajstić information content (AvgIpc) is 0.817. The number of fused-ring (bicyclic) bond motifs is 2. The number of carboxylic acid groups (broad SMARTS) is 1. The van der Waals surface area contributed by atoms with Gasteiger partial charge in [-0.05, 0) is 142 Å². The first-order valence-electron chi connectivity index (χ1n) is 31.1. The van der Waals surface area contributed by atoms with Gasteiger partial charge in [0.15, 0.2) is 23.1 Å². The fourth-order valence-electron chi connectivity index (χ4n) is 11.2. The first-order valence-corrected chi connectivity index (χ1v) is 31.5. The van der Waals surface area contributed by atoms with Crippen molar-refractivity contribution < 1.29 is 108 Å². The minimum atomic E-state index is -2.05. The Labute approximate surface area is 556 Å². The second kappa shape index (κ2) is 31.1. The van der Waals surface area contributed by atoms with Crippen molar-refractivity contribution >= 4 is 64.1 Å². The molecule has 0 bridgehead atoms. The Hall–Kier alpha value is -7.93. The van der Waals surface area contributed by atoms with Crippen LogP contribution in [0.15, 0.2) is 70.0 Å². The molecule has 32 nitrogen and oxygen atoms in total. The van der Waals surface area contributed by atoms with Gasteiger partial charge in [0.1, 0.15) is 94.9 Å². The number of thiocarbonyl (C=S) groups is 1. The molecule has 96 heavy (non-hydrogen) atoms. The fraction of sp³-hybridized carbons (Fsp3) is 0.571. The number of hydrogen-bond acceptors (Lipinski definition) is 25. The minimum Gasteiger partial charge on any atom is -0.508 e. The lowest BCUT2D eigenvalue weighted by molar-refractivity contribution is -0.334. The van der Waals surface area contributed by atoms with Crippen molar-refractivity contribution in [3.8, 4) is 28.2 Å². The van der Waals surface area contributed by atoms with Gasteiger partial charge in [-0.2, -0.15) is 0 Å². The van der Waals surface area contributed by atoms with E-state index in [4.69, 9.17) is 49.8 Å². The van der Waals surface area contributed by atoms with Crippen molar-refractivity contribution in [2.45, 2.75) is 210 Å². The van der Waals surface area contributed by atoms with Crippen molar-refractivity contribution in [1.82, 2.24) is 41.6 Å². The number of ether oxygens (including phenoxy) is 7. The number of phenols is 1. The summed E-state index contributed by atoms with van der Waals surface area (Å²) in [6.45, 7) is 13.7. The first kappa shape index (κ1) is 73.9. The number of carbonyl (C=O) groups excluding carboxylic acids is 4. The lowest BCUT2D eigenvalue weighted by Crippen LogP contribution is -2.70. The molecular formula is C63H85N9O23S. The number of hydrogen-bond donors (Lipinski definition) is 15. The highest BCUT2D eigenvalue weighted by atomic mass is 32.1. The SMILES string of the molecule is CC(C)(C)OC(=O)NC1C(O)[C@H](OC2[C@@H](NC(=O)OC(C)(C)C)CC(NC(=O)OC(C)(C)C)[C@H](O[C@@H]3OC(CNC(=O)CCCc4cn(CCCNC(=S)Nc5ccc(-c6c7ccc(=O)cc-7oc7cc(O)ccc67)c(C(=O)O)c5)nn4)[C@H](O)[C@H](O)C3O)[C@@H]2O)OC(CO)[C@@H]1O. The van der Waals surface area contributed by atoms with Crippen molar-refractivity contribution in [2.24, 2.45) is 0 Å². The maximum absolute atomic E-state index is 13.5. The summed E-state index contributed by atoms with van der Waals surface area (Å²) in [6.07, 6.45) is -22.6. The van der Waals surface area contributed by atoms with Gasteiger partial charge >= 0.3 is 24.2 Å². The number of aromatic nitrogens is 3. The molecule has 1 aromatic heterocycles. The molecule has 8 rings (SSSR count). The van der Waals surface area contributed by atoms with Crippen LogP contribution in [0.3, 0.4) is 0 Å². The Kier molecular flexibility index (Phi) is 23.9. The second-order valence-corrected chi connectivity index (χ2v) is 27.0. The zero-order chi connectivity index (χ0) is 70.3. The summed E-state index contributed by atoms with van der Waals surface area (Å²) in [6, 6.07) is 8.99. The highest BCUT2D eigenvalue weighted by molar-refractivity contribution is 7.80. The maximum Gasteiger partial charge on any atom is 0.408 e. The molecule has 2 aliphatic carbocycles. The van der Waals surface area contributed by atoms with Gasteiger partial charge in [0.2, 0.25) is 5.91 Å². The molecule has 33 heteroatoms. The average molecular weight is 1370 g/mol. The molecule has 4 amide bonds. The van der Waals surface area contributed by atoms with E-state index in [2.05, 4.69) is 42.2 Å². The minimum absolute atomic E-state index is 0.0434. The molecule has 3 aromatic rings. The molecule has 526 valence electrons. The van der Waals surface area contributed by atoms with Gasteiger partial charge in [-0.1, -0.05) is 11.3 Å². The van der Waals surface area contributed by atoms with Crippen LogP contribution in [0.25, 0.3) is 33.4 Å². The largest absolute Gasteiger partial charge is 0.508 e. The molecule has 2 saturated heterocycles. The molecule has 15 atom stereocenters. The lowest BCUT2D eigenvalue weighted by Gasteiger charge is -2.49. The van der Waals surface area contributed by atoms with Crippen LogP contribution in [0, 0.1) is 0 Å². The third kappa shape index (κ3) is 19.4. The smallest absolute Gasteiger partial charge is 0.408 e. The van der Waals surface area contributed by atoms with E-state index < -0.39 is 158 Å². The van der Waals surface area contributed by atoms with Crippen LogP contribution in [0.1, 0.15) is 104 Å². The van der Waals surface area contributed by atoms with Crippen LogP contribution in [0.2, 0.25) is 0 Å². The molecule has 5 aliphatic rings. The summed E-state index contributed by atoms with van der Waals surface area (Å²) in [5, 5.41) is 125. The normalized spacial score (nSPS) is 26.3. The van der Waals surface area contributed by atoms with Gasteiger partial charge < -0.3 is 115 Å². The Morgan fingerprint density at radius 2 is 1.29 bits per heavy atom. The number of aliphatic hydroxyl groups is 7. The van der Waals surface area contributed by atoms with E-state index in [1.54, 1.807) is 97.5 Å². The molecule has 0 radical (unpaired) electrons. The van der Waals surface area contributed by atoms with Crippen LogP contribution in [0.4, 0.5) is 20.1 Å². The molecule has 4 heterocycles. The van der Waals surface area contributed by atoms with E-state index in [0.717, 1.165) is 0 Å². The predicted octanol–water partition coefficient (Wildman–Crippen LogP) is 1.84. The number of aryl methyl sites for hydroxylation is 2. The van der Waals surface area contributed by atoms with E-state index in [0.29, 0.717) is 65.8 Å². The van der Waals surface area contributed by atoms with E-state index in [1.165, 1.54) is 30.3 Å². The molecule has 1 saturated carbocycles. The second-order valence-electron chi connectivity index (χ2n) is 26.6. The van der Waals surface area contributed by atoms with Gasteiger partial charge in [0, 0.05) is 66.6 Å². The number of aliphatic hydroxyl groups excluding tert-OH is 7. The van der Waals surface area contributed by atoms with Gasteiger partial charge in [-0.25, -0.2) is 19.2 Å². The number of alkyl carbamates (subject to hydrolysis) is 3. The molecule has 7 unspecified atom stereocenters. The molecule has 3 aliphatic heterocycles. The van der Waals surface area contributed by atoms with Gasteiger partial charge in [-0.3, -0.25) is 14.3 Å². The number of anilines is 1. The fourth-order valence-corrected chi connectivity index (χ4v) is 11.4. The van der Waals surface area contributed by atoms with Crippen LogP contribution in [0.5, 0.6) is 5.75 Å². The van der Waals surface area contributed by atoms with E-state index in [9.17, 15) is 74.7 Å². The number of carboxylic acids is 1. The van der Waals surface area contributed by atoms with E-state index >= 15 is 0 Å². The number of aromatic hydroxyl groups is 1. The van der Waals surface area contributed by atoms with Crippen molar-refractivity contribution in [1.29, 1.82) is 0 Å². The Morgan fingerprint density at radius 3 is 1.91 bits per heavy atom. The number of nitrogens with one attached hydrogen (secondary N) is 6. The number of carbonyl (C=O) groups is 5. The summed E-state index contributed by atoms with van der Waals surface area (Å²) < 4.78 is 48.1. The standard InChI is InChI=1S/C63H85N9O23S/c1-61(2,3)93-58(85)67-37-25-38(68-59(86)94-62(4,5)6)53(51(82)52(37)91-55-48(79)45(46(77)42(28-73)90-55)69-60(87)95-63(7,8)9)92-56-50(81)49(80)47(78)41(89-56)26-65-43(76)13-10-12-30-27-72(71-70-30)21-11-20-64-57(96)66-29-14-17-33(36(22-29)54(83)84)44-34-18-15-31(74)23-39(34)88-40-24-32(75)16-19-35(40)44/h14-19,22-24,27,37-38,41-42,45-53,55-56,73-74,77-82H,10-13,20-21,25-26,28H2,1-9H3,(H,65,76)(H,67,85)(H,68,86)(H,69,87)(H,83,84)(H2,64,66,96)/t37-,38?,41?,42?,45?,46-,47-,48?,49-,50?,51+,52?,53-,55-,56-/m0/s1. The summed E-state index contributed by atoms with van der Waals surface area (Å²) in [7, 11) is 0. The monoisotopic (exact) mass is 1370 g/mol. The Bertz CT molecular complexity index is 3590. The summed E-state index contributed by atoms with van der Waals surface area (Å²) >= 11 is 5.52. The Morgan fingerprint density at radius 1 is 0.688 bits per heavy atom. The number of amides is 4. The molecule has 3 fully saturated rings. The van der Waals surface area contributed by atoms with Crippen LogP contribution in [-0.4, -0.2) is 224 Å². The summed E-state index contributed by atoms with van der Waals surface area (Å²) in [5.74, 6) is -1.59.